The van der Waals surface area contributed by atoms with Gasteiger partial charge in [-0.15, -0.1) is 0 Å². The van der Waals surface area contributed by atoms with Crippen LogP contribution in [0, 0.1) is 11.7 Å². The van der Waals surface area contributed by atoms with Gasteiger partial charge in [0.25, 0.3) is 0 Å². The lowest BCUT2D eigenvalue weighted by molar-refractivity contribution is -0.130. The number of amides is 1. The van der Waals surface area contributed by atoms with Crippen LogP contribution in [0.2, 0.25) is 0 Å². The number of rotatable bonds is 5. The van der Waals surface area contributed by atoms with E-state index in [1.54, 1.807) is 12.1 Å². The van der Waals surface area contributed by atoms with Crippen LogP contribution in [0.5, 0.6) is 0 Å². The van der Waals surface area contributed by atoms with E-state index in [0.29, 0.717) is 17.9 Å². The van der Waals surface area contributed by atoms with Crippen molar-refractivity contribution in [1.82, 2.24) is 10.2 Å². The Labute approximate surface area is 120 Å². The number of carbonyl (C=O) groups excluding carboxylic acids is 1. The maximum absolute atomic E-state index is 13.7. The summed E-state index contributed by atoms with van der Waals surface area (Å²) in [5.41, 5.74) is 0.631. The zero-order valence-corrected chi connectivity index (χ0v) is 12.2. The minimum atomic E-state index is -0.220. The molecular weight excluding hydrogens is 255 g/mol. The number of benzene rings is 1. The summed E-state index contributed by atoms with van der Waals surface area (Å²) in [5.74, 6) is 0.390. The molecule has 1 amide bonds. The second-order valence-corrected chi connectivity index (χ2v) is 5.68. The highest BCUT2D eigenvalue weighted by Gasteiger charge is 2.27. The molecule has 1 heterocycles. The Kier molecular flexibility index (Phi) is 5.12. The van der Waals surface area contributed by atoms with E-state index in [1.807, 2.05) is 24.9 Å². The molecule has 0 radical (unpaired) electrons. The molecule has 4 heteroatoms. The molecule has 1 saturated heterocycles. The highest BCUT2D eigenvalue weighted by molar-refractivity contribution is 5.77. The normalized spacial score (nSPS) is 20.1. The molecule has 1 aliphatic heterocycles. The molecule has 0 bridgehead atoms. The number of carbonyl (C=O) groups is 1. The molecule has 0 saturated carbocycles. The van der Waals surface area contributed by atoms with Crippen molar-refractivity contribution in [3.63, 3.8) is 0 Å². The van der Waals surface area contributed by atoms with E-state index < -0.39 is 0 Å². The molecular formula is C16H23FN2O. The van der Waals surface area contributed by atoms with Gasteiger partial charge < -0.3 is 10.2 Å². The monoisotopic (exact) mass is 278 g/mol. The van der Waals surface area contributed by atoms with Crippen molar-refractivity contribution in [3.8, 4) is 0 Å². The second-order valence-electron chi connectivity index (χ2n) is 5.68. The second kappa shape index (κ2) is 6.84. The molecule has 0 aliphatic carbocycles. The number of nitrogens with one attached hydrogen (secondary N) is 1. The lowest BCUT2D eigenvalue weighted by Gasteiger charge is -2.19. The molecule has 1 aromatic rings. The van der Waals surface area contributed by atoms with Crippen LogP contribution in [0.15, 0.2) is 24.3 Å². The van der Waals surface area contributed by atoms with Gasteiger partial charge in [-0.2, -0.15) is 0 Å². The van der Waals surface area contributed by atoms with Crippen LogP contribution in [0.4, 0.5) is 4.39 Å². The summed E-state index contributed by atoms with van der Waals surface area (Å²) < 4.78 is 13.7. The molecule has 2 atom stereocenters. The molecule has 0 unspecified atom stereocenters. The maximum atomic E-state index is 13.7. The van der Waals surface area contributed by atoms with E-state index in [-0.39, 0.29) is 17.6 Å². The minimum absolute atomic E-state index is 0.0768. The predicted molar refractivity (Wildman–Crippen MR) is 78.0 cm³/mol. The van der Waals surface area contributed by atoms with Gasteiger partial charge in [0.05, 0.1) is 0 Å². The summed E-state index contributed by atoms with van der Waals surface area (Å²) in [7, 11) is 1.94. The van der Waals surface area contributed by atoms with Crippen LogP contribution in [0.3, 0.4) is 0 Å². The molecule has 3 nitrogen and oxygen atoms in total. The predicted octanol–water partition coefficient (Wildman–Crippen LogP) is 2.39. The van der Waals surface area contributed by atoms with E-state index in [0.717, 1.165) is 26.1 Å². The van der Waals surface area contributed by atoms with Crippen molar-refractivity contribution in [2.24, 2.45) is 5.92 Å². The van der Waals surface area contributed by atoms with Crippen molar-refractivity contribution < 1.29 is 9.18 Å². The molecule has 110 valence electrons. The van der Waals surface area contributed by atoms with Crippen molar-refractivity contribution >= 4 is 5.91 Å². The Bertz CT molecular complexity index is 464. The fourth-order valence-electron chi connectivity index (χ4n) is 2.89. The zero-order chi connectivity index (χ0) is 14.5. The largest absolute Gasteiger partial charge is 0.342 e. The minimum Gasteiger partial charge on any atom is -0.342 e. The highest BCUT2D eigenvalue weighted by Crippen LogP contribution is 2.24. The van der Waals surface area contributed by atoms with E-state index in [9.17, 15) is 9.18 Å². The number of nitrogens with zero attached hydrogens (tertiary/aromatic N) is 1. The Morgan fingerprint density at radius 2 is 2.25 bits per heavy atom. The van der Waals surface area contributed by atoms with E-state index in [1.165, 1.54) is 6.07 Å². The Morgan fingerprint density at radius 3 is 2.95 bits per heavy atom. The third-order valence-corrected chi connectivity index (χ3v) is 4.05. The van der Waals surface area contributed by atoms with Crippen LogP contribution < -0.4 is 5.32 Å². The van der Waals surface area contributed by atoms with Gasteiger partial charge >= 0.3 is 0 Å². The summed E-state index contributed by atoms with van der Waals surface area (Å²) in [6.45, 7) is 4.52. The third kappa shape index (κ3) is 3.57. The number of hydrogen-bond acceptors (Lipinski definition) is 2. The van der Waals surface area contributed by atoms with Crippen molar-refractivity contribution in [3.05, 3.63) is 35.6 Å². The first kappa shape index (κ1) is 15.0. The smallest absolute Gasteiger partial charge is 0.223 e. The first-order valence-corrected chi connectivity index (χ1v) is 7.28. The lowest BCUT2D eigenvalue weighted by atomic mass is 9.96. The molecule has 2 rings (SSSR count). The summed E-state index contributed by atoms with van der Waals surface area (Å²) in [5, 5.41) is 3.16. The van der Waals surface area contributed by atoms with Crippen LogP contribution in [0.25, 0.3) is 0 Å². The van der Waals surface area contributed by atoms with Crippen molar-refractivity contribution in [2.75, 3.05) is 26.7 Å². The van der Waals surface area contributed by atoms with Gasteiger partial charge in [-0.3, -0.25) is 4.79 Å². The Hall–Kier alpha value is -1.42. The van der Waals surface area contributed by atoms with Crippen LogP contribution >= 0.6 is 0 Å². The Morgan fingerprint density at radius 1 is 1.50 bits per heavy atom. The lowest BCUT2D eigenvalue weighted by Crippen LogP contribution is -2.31. The third-order valence-electron chi connectivity index (χ3n) is 4.05. The summed E-state index contributed by atoms with van der Waals surface area (Å²) in [6, 6.07) is 6.71. The number of halogens is 1. The van der Waals surface area contributed by atoms with Gasteiger partial charge in [0.2, 0.25) is 5.91 Å². The average Bonchev–Trinajstić information content (AvgIpc) is 2.88. The Balaban J connectivity index is 1.90. The molecule has 1 aromatic carbocycles. The van der Waals surface area contributed by atoms with Gasteiger partial charge in [-0.05, 0) is 43.5 Å². The summed E-state index contributed by atoms with van der Waals surface area (Å²) in [4.78, 5) is 14.2. The molecule has 0 aromatic heterocycles. The van der Waals surface area contributed by atoms with Gasteiger partial charge in [0, 0.05) is 19.5 Å². The van der Waals surface area contributed by atoms with Crippen molar-refractivity contribution in [1.29, 1.82) is 0 Å². The van der Waals surface area contributed by atoms with Gasteiger partial charge in [0.15, 0.2) is 0 Å². The number of likely N-dealkylation sites (tertiary alicyclic amines) is 1. The average molecular weight is 278 g/mol. The van der Waals surface area contributed by atoms with Gasteiger partial charge in [-0.25, -0.2) is 4.39 Å². The van der Waals surface area contributed by atoms with E-state index >= 15 is 0 Å². The number of hydrogen-bond donors (Lipinski definition) is 1. The topological polar surface area (TPSA) is 32.3 Å². The fourth-order valence-corrected chi connectivity index (χ4v) is 2.89. The molecule has 20 heavy (non-hydrogen) atoms. The standard InChI is InChI=1S/C16H23FN2O/c1-12(14-5-3-4-6-15(14)17)9-16(20)19-8-7-13(11-19)10-18-2/h3-6,12-13,18H,7-11H2,1-2H3/t12-,13-/m0/s1. The quantitative estimate of drug-likeness (QED) is 0.897. The van der Waals surface area contributed by atoms with E-state index in [2.05, 4.69) is 5.32 Å². The summed E-state index contributed by atoms with van der Waals surface area (Å²) >= 11 is 0. The maximum Gasteiger partial charge on any atom is 0.223 e. The molecule has 1 aliphatic rings. The van der Waals surface area contributed by atoms with Gasteiger partial charge in [0.1, 0.15) is 5.82 Å². The zero-order valence-electron chi connectivity index (χ0n) is 12.2. The van der Waals surface area contributed by atoms with E-state index in [4.69, 9.17) is 0 Å². The first-order chi connectivity index (χ1) is 9.61. The van der Waals surface area contributed by atoms with Crippen molar-refractivity contribution in [2.45, 2.75) is 25.7 Å². The van der Waals surface area contributed by atoms with Crippen LogP contribution in [-0.2, 0) is 4.79 Å². The highest BCUT2D eigenvalue weighted by atomic mass is 19.1. The van der Waals surface area contributed by atoms with Gasteiger partial charge in [-0.1, -0.05) is 25.1 Å². The van der Waals surface area contributed by atoms with Crippen LogP contribution in [-0.4, -0.2) is 37.5 Å². The molecule has 0 spiro atoms. The summed E-state index contributed by atoms with van der Waals surface area (Å²) in [6.07, 6.45) is 1.44. The molecule has 1 fully saturated rings. The SMILES string of the molecule is CNC[C@@H]1CCN(C(=O)C[C@H](C)c2ccccc2F)C1. The fraction of sp³-hybridized carbons (Fsp3) is 0.562. The first-order valence-electron chi connectivity index (χ1n) is 7.28. The molecule has 1 N–H and O–H groups in total. The van der Waals surface area contributed by atoms with Crippen LogP contribution in [0.1, 0.15) is 31.2 Å².